The summed E-state index contributed by atoms with van der Waals surface area (Å²) in [5.74, 6) is 0. The molecule has 1 saturated heterocycles. The largest absolute Gasteiger partial charge is 0.378 e. The minimum atomic E-state index is 1.19. The summed E-state index contributed by atoms with van der Waals surface area (Å²) in [6.07, 6.45) is 10.4. The Labute approximate surface area is 112 Å². The highest BCUT2D eigenvalue weighted by Crippen LogP contribution is 2.15. The first-order valence-corrected chi connectivity index (χ1v) is 7.23. The summed E-state index contributed by atoms with van der Waals surface area (Å²) >= 11 is 0. The van der Waals surface area contributed by atoms with E-state index in [1.54, 1.807) is 0 Å². The summed E-state index contributed by atoms with van der Waals surface area (Å²) in [5, 5.41) is 0. The SMILES string of the molecule is CN1CCN(CCCN(C)C2=CC=CCC2)CC1. The molecule has 0 spiro atoms. The zero-order chi connectivity index (χ0) is 12.8. The van der Waals surface area contributed by atoms with E-state index in [0.29, 0.717) is 0 Å². The number of hydrogen-bond acceptors (Lipinski definition) is 3. The van der Waals surface area contributed by atoms with Gasteiger partial charge < -0.3 is 14.7 Å². The third-order valence-corrected chi connectivity index (χ3v) is 4.05. The van der Waals surface area contributed by atoms with Crippen LogP contribution in [0.25, 0.3) is 0 Å². The summed E-state index contributed by atoms with van der Waals surface area (Å²) < 4.78 is 0. The number of piperazine rings is 1. The van der Waals surface area contributed by atoms with Crippen LogP contribution in [0.3, 0.4) is 0 Å². The van der Waals surface area contributed by atoms with Gasteiger partial charge in [0.1, 0.15) is 0 Å². The fourth-order valence-corrected chi connectivity index (χ4v) is 2.65. The normalized spacial score (nSPS) is 22.0. The van der Waals surface area contributed by atoms with Crippen LogP contribution in [0, 0.1) is 0 Å². The molecule has 3 nitrogen and oxygen atoms in total. The molecule has 1 fully saturated rings. The maximum absolute atomic E-state index is 2.60. The maximum Gasteiger partial charge on any atom is 0.0183 e. The second-order valence-corrected chi connectivity index (χ2v) is 5.54. The topological polar surface area (TPSA) is 9.72 Å². The maximum atomic E-state index is 2.60. The Kier molecular flexibility index (Phi) is 5.26. The summed E-state index contributed by atoms with van der Waals surface area (Å²) in [6, 6.07) is 0. The quantitative estimate of drug-likeness (QED) is 0.735. The van der Waals surface area contributed by atoms with Gasteiger partial charge in [0, 0.05) is 45.5 Å². The van der Waals surface area contributed by atoms with Crippen molar-refractivity contribution >= 4 is 0 Å². The van der Waals surface area contributed by atoms with Gasteiger partial charge in [0.05, 0.1) is 0 Å². The Balaban J connectivity index is 1.63. The van der Waals surface area contributed by atoms with Crippen molar-refractivity contribution in [3.8, 4) is 0 Å². The molecule has 0 aromatic heterocycles. The Morgan fingerprint density at radius 2 is 2.00 bits per heavy atom. The molecule has 0 unspecified atom stereocenters. The molecule has 18 heavy (non-hydrogen) atoms. The standard InChI is InChI=1S/C15H27N3/c1-16-11-13-18(14-12-16)10-6-9-17(2)15-7-4-3-5-8-15/h3-4,7H,5-6,8-14H2,1-2H3. The number of nitrogens with zero attached hydrogens (tertiary/aromatic N) is 3. The smallest absolute Gasteiger partial charge is 0.0183 e. The van der Waals surface area contributed by atoms with Gasteiger partial charge in [-0.2, -0.15) is 0 Å². The zero-order valence-electron chi connectivity index (χ0n) is 11.9. The molecule has 102 valence electrons. The van der Waals surface area contributed by atoms with Gasteiger partial charge in [-0.05, 0) is 38.9 Å². The number of rotatable bonds is 5. The van der Waals surface area contributed by atoms with Crippen molar-refractivity contribution < 1.29 is 0 Å². The fraction of sp³-hybridized carbons (Fsp3) is 0.733. The third-order valence-electron chi connectivity index (χ3n) is 4.05. The van der Waals surface area contributed by atoms with Crippen LogP contribution >= 0.6 is 0 Å². The van der Waals surface area contributed by atoms with Crippen molar-refractivity contribution in [2.45, 2.75) is 19.3 Å². The zero-order valence-corrected chi connectivity index (χ0v) is 11.9. The van der Waals surface area contributed by atoms with Crippen LogP contribution in [-0.4, -0.2) is 68.1 Å². The van der Waals surface area contributed by atoms with Gasteiger partial charge >= 0.3 is 0 Å². The lowest BCUT2D eigenvalue weighted by Crippen LogP contribution is -2.45. The van der Waals surface area contributed by atoms with Crippen LogP contribution in [0.4, 0.5) is 0 Å². The van der Waals surface area contributed by atoms with Crippen molar-refractivity contribution in [2.75, 3.05) is 53.4 Å². The average Bonchev–Trinajstić information content (AvgIpc) is 2.42. The molecular weight excluding hydrogens is 222 g/mol. The van der Waals surface area contributed by atoms with Gasteiger partial charge in [-0.1, -0.05) is 12.2 Å². The third kappa shape index (κ3) is 4.14. The van der Waals surface area contributed by atoms with Gasteiger partial charge in [-0.3, -0.25) is 0 Å². The highest BCUT2D eigenvalue weighted by atomic mass is 15.2. The average molecular weight is 249 g/mol. The monoisotopic (exact) mass is 249 g/mol. The summed E-state index contributed by atoms with van der Waals surface area (Å²) in [5.41, 5.74) is 1.50. The van der Waals surface area contributed by atoms with E-state index in [-0.39, 0.29) is 0 Å². The Morgan fingerprint density at radius 1 is 1.22 bits per heavy atom. The Hall–Kier alpha value is -0.800. The van der Waals surface area contributed by atoms with Crippen LogP contribution in [0.5, 0.6) is 0 Å². The van der Waals surface area contributed by atoms with Gasteiger partial charge in [-0.25, -0.2) is 0 Å². The van der Waals surface area contributed by atoms with Gasteiger partial charge in [0.2, 0.25) is 0 Å². The highest BCUT2D eigenvalue weighted by Gasteiger charge is 2.13. The minimum Gasteiger partial charge on any atom is -0.378 e. The second kappa shape index (κ2) is 6.95. The van der Waals surface area contributed by atoms with Crippen molar-refractivity contribution in [3.63, 3.8) is 0 Å². The Bertz CT molecular complexity index is 301. The lowest BCUT2D eigenvalue weighted by Gasteiger charge is -2.33. The van der Waals surface area contributed by atoms with Crippen molar-refractivity contribution in [3.05, 3.63) is 23.9 Å². The van der Waals surface area contributed by atoms with Gasteiger partial charge in [0.25, 0.3) is 0 Å². The van der Waals surface area contributed by atoms with Crippen LogP contribution in [0.15, 0.2) is 23.9 Å². The van der Waals surface area contributed by atoms with E-state index < -0.39 is 0 Å². The van der Waals surface area contributed by atoms with E-state index in [2.05, 4.69) is 47.0 Å². The lowest BCUT2D eigenvalue weighted by atomic mass is 10.1. The van der Waals surface area contributed by atoms with Crippen LogP contribution < -0.4 is 0 Å². The minimum absolute atomic E-state index is 1.19. The first-order chi connectivity index (χ1) is 8.75. The molecule has 0 aromatic carbocycles. The molecule has 1 aliphatic carbocycles. The van der Waals surface area contributed by atoms with Crippen molar-refractivity contribution in [1.82, 2.24) is 14.7 Å². The van der Waals surface area contributed by atoms with E-state index in [1.807, 2.05) is 0 Å². The highest BCUT2D eigenvalue weighted by molar-refractivity contribution is 5.16. The molecular formula is C15H27N3. The predicted molar refractivity (Wildman–Crippen MR) is 77.6 cm³/mol. The number of likely N-dealkylation sites (N-methyl/N-ethyl adjacent to an activating group) is 1. The molecule has 0 radical (unpaired) electrons. The molecule has 3 heteroatoms. The molecule has 0 saturated carbocycles. The van der Waals surface area contributed by atoms with Crippen molar-refractivity contribution in [2.24, 2.45) is 0 Å². The summed E-state index contributed by atoms with van der Waals surface area (Å²) in [4.78, 5) is 7.45. The van der Waals surface area contributed by atoms with Crippen LogP contribution in [0.1, 0.15) is 19.3 Å². The molecule has 2 aliphatic rings. The molecule has 0 atom stereocenters. The van der Waals surface area contributed by atoms with Crippen molar-refractivity contribution in [1.29, 1.82) is 0 Å². The first-order valence-electron chi connectivity index (χ1n) is 7.23. The summed E-state index contributed by atoms with van der Waals surface area (Å²) in [6.45, 7) is 7.38. The second-order valence-electron chi connectivity index (χ2n) is 5.54. The van der Waals surface area contributed by atoms with Gasteiger partial charge in [0.15, 0.2) is 0 Å². The van der Waals surface area contributed by atoms with Gasteiger partial charge in [-0.15, -0.1) is 0 Å². The van der Waals surface area contributed by atoms with E-state index in [0.717, 1.165) is 0 Å². The molecule has 0 N–H and O–H groups in total. The van der Waals surface area contributed by atoms with Crippen LogP contribution in [-0.2, 0) is 0 Å². The molecule has 0 amide bonds. The molecule has 2 rings (SSSR count). The predicted octanol–water partition coefficient (Wildman–Crippen LogP) is 1.79. The molecule has 0 aromatic rings. The van der Waals surface area contributed by atoms with E-state index in [4.69, 9.17) is 0 Å². The molecule has 1 heterocycles. The van der Waals surface area contributed by atoms with Crippen LogP contribution in [0.2, 0.25) is 0 Å². The molecule has 1 aliphatic heterocycles. The number of hydrogen-bond donors (Lipinski definition) is 0. The Morgan fingerprint density at radius 3 is 2.67 bits per heavy atom. The molecule has 0 bridgehead atoms. The van der Waals surface area contributed by atoms with E-state index >= 15 is 0 Å². The van der Waals surface area contributed by atoms with E-state index in [9.17, 15) is 0 Å². The van der Waals surface area contributed by atoms with E-state index in [1.165, 1.54) is 64.2 Å². The number of allylic oxidation sites excluding steroid dienone is 4. The summed E-state index contributed by atoms with van der Waals surface area (Å²) in [7, 11) is 4.45. The lowest BCUT2D eigenvalue weighted by molar-refractivity contribution is 0.149. The fourth-order valence-electron chi connectivity index (χ4n) is 2.65. The first kappa shape index (κ1) is 13.6.